The SMILES string of the molecule is COc1ccc(NC(=O)[C@@H](C)Nc2ccc(N3CCCC3=O)c(C)c2)cc1Cl. The smallest absolute Gasteiger partial charge is 0.246 e. The predicted octanol–water partition coefficient (Wildman–Crippen LogP) is 4.22. The summed E-state index contributed by atoms with van der Waals surface area (Å²) < 4.78 is 5.11. The maximum atomic E-state index is 12.5. The highest BCUT2D eigenvalue weighted by atomic mass is 35.5. The molecule has 0 spiro atoms. The van der Waals surface area contributed by atoms with Crippen LogP contribution in [0.2, 0.25) is 5.02 Å². The molecular weight excluding hydrogens is 378 g/mol. The second kappa shape index (κ2) is 8.52. The molecule has 0 saturated carbocycles. The van der Waals surface area contributed by atoms with E-state index in [1.54, 1.807) is 32.2 Å². The van der Waals surface area contributed by atoms with Gasteiger partial charge in [0.05, 0.1) is 12.1 Å². The minimum atomic E-state index is -0.459. The number of rotatable bonds is 6. The van der Waals surface area contributed by atoms with Crippen LogP contribution in [-0.2, 0) is 9.59 Å². The summed E-state index contributed by atoms with van der Waals surface area (Å²) in [6, 6.07) is 10.4. The lowest BCUT2D eigenvalue weighted by Gasteiger charge is -2.20. The van der Waals surface area contributed by atoms with Gasteiger partial charge in [-0.2, -0.15) is 0 Å². The van der Waals surface area contributed by atoms with Crippen LogP contribution >= 0.6 is 11.6 Å². The van der Waals surface area contributed by atoms with Crippen molar-refractivity contribution in [3.63, 3.8) is 0 Å². The molecule has 2 amide bonds. The summed E-state index contributed by atoms with van der Waals surface area (Å²) in [4.78, 5) is 26.3. The quantitative estimate of drug-likeness (QED) is 0.760. The normalized spacial score (nSPS) is 14.7. The van der Waals surface area contributed by atoms with E-state index in [1.165, 1.54) is 0 Å². The van der Waals surface area contributed by atoms with Crippen LogP contribution < -0.4 is 20.3 Å². The van der Waals surface area contributed by atoms with Gasteiger partial charge in [0.1, 0.15) is 11.8 Å². The zero-order valence-electron chi connectivity index (χ0n) is 16.2. The molecule has 148 valence electrons. The lowest BCUT2D eigenvalue weighted by Crippen LogP contribution is -2.32. The Morgan fingerprint density at radius 1 is 1.21 bits per heavy atom. The van der Waals surface area contributed by atoms with Gasteiger partial charge in [-0.25, -0.2) is 0 Å². The number of ether oxygens (including phenoxy) is 1. The first-order chi connectivity index (χ1) is 13.4. The van der Waals surface area contributed by atoms with E-state index < -0.39 is 6.04 Å². The first-order valence-electron chi connectivity index (χ1n) is 9.21. The van der Waals surface area contributed by atoms with Crippen molar-refractivity contribution in [2.24, 2.45) is 0 Å². The fourth-order valence-corrected chi connectivity index (χ4v) is 3.52. The van der Waals surface area contributed by atoms with Crippen molar-refractivity contribution in [1.82, 2.24) is 0 Å². The molecule has 1 saturated heterocycles. The molecule has 0 aromatic heterocycles. The number of hydrogen-bond acceptors (Lipinski definition) is 4. The molecule has 2 aromatic rings. The summed E-state index contributed by atoms with van der Waals surface area (Å²) in [6.07, 6.45) is 1.50. The molecule has 6 nitrogen and oxygen atoms in total. The molecule has 28 heavy (non-hydrogen) atoms. The van der Waals surface area contributed by atoms with E-state index in [4.69, 9.17) is 16.3 Å². The Bertz CT molecular complexity index is 900. The molecule has 1 aliphatic heterocycles. The monoisotopic (exact) mass is 401 g/mol. The van der Waals surface area contributed by atoms with E-state index in [0.717, 1.165) is 29.9 Å². The number of nitrogens with zero attached hydrogens (tertiary/aromatic N) is 1. The van der Waals surface area contributed by atoms with Gasteiger partial charge < -0.3 is 20.3 Å². The third-order valence-electron chi connectivity index (χ3n) is 4.76. The molecule has 7 heteroatoms. The fraction of sp³-hybridized carbons (Fsp3) is 0.333. The first-order valence-corrected chi connectivity index (χ1v) is 9.59. The van der Waals surface area contributed by atoms with Crippen molar-refractivity contribution in [3.05, 3.63) is 47.0 Å². The standard InChI is InChI=1S/C21H24ClN3O3/c1-13-11-15(6-8-18(13)25-10-4-5-20(25)26)23-14(2)21(27)24-16-7-9-19(28-3)17(22)12-16/h6-9,11-12,14,23H,4-5,10H2,1-3H3,(H,24,27)/t14-/m1/s1. The predicted molar refractivity (Wildman–Crippen MR) is 112 cm³/mol. The van der Waals surface area contributed by atoms with E-state index in [1.807, 2.05) is 30.0 Å². The van der Waals surface area contributed by atoms with Gasteiger partial charge in [-0.3, -0.25) is 9.59 Å². The average molecular weight is 402 g/mol. The van der Waals surface area contributed by atoms with Crippen molar-refractivity contribution in [2.45, 2.75) is 32.7 Å². The molecule has 2 aromatic carbocycles. The Hall–Kier alpha value is -2.73. The van der Waals surface area contributed by atoms with Crippen molar-refractivity contribution in [2.75, 3.05) is 29.2 Å². The Kier molecular flexibility index (Phi) is 6.09. The van der Waals surface area contributed by atoms with E-state index >= 15 is 0 Å². The maximum absolute atomic E-state index is 12.5. The molecule has 0 aliphatic carbocycles. The van der Waals surface area contributed by atoms with Crippen molar-refractivity contribution < 1.29 is 14.3 Å². The van der Waals surface area contributed by atoms with E-state index in [0.29, 0.717) is 22.9 Å². The highest BCUT2D eigenvalue weighted by Gasteiger charge is 2.23. The molecule has 1 atom stereocenters. The summed E-state index contributed by atoms with van der Waals surface area (Å²) in [5.41, 5.74) is 3.35. The van der Waals surface area contributed by atoms with Crippen molar-refractivity contribution in [1.29, 1.82) is 0 Å². The van der Waals surface area contributed by atoms with Gasteiger partial charge in [-0.1, -0.05) is 11.6 Å². The molecule has 1 heterocycles. The largest absolute Gasteiger partial charge is 0.495 e. The molecule has 2 N–H and O–H groups in total. The molecule has 0 radical (unpaired) electrons. The van der Waals surface area contributed by atoms with Crippen LogP contribution in [0.1, 0.15) is 25.3 Å². The van der Waals surface area contributed by atoms with Crippen LogP contribution in [0.15, 0.2) is 36.4 Å². The van der Waals surface area contributed by atoms with E-state index in [-0.39, 0.29) is 11.8 Å². The molecule has 1 fully saturated rings. The summed E-state index contributed by atoms with van der Waals surface area (Å²) in [5.74, 6) is 0.533. The fourth-order valence-electron chi connectivity index (χ4n) is 3.26. The highest BCUT2D eigenvalue weighted by Crippen LogP contribution is 2.29. The second-order valence-electron chi connectivity index (χ2n) is 6.85. The third kappa shape index (κ3) is 4.39. The molecule has 3 rings (SSSR count). The van der Waals surface area contributed by atoms with Gasteiger partial charge in [0.15, 0.2) is 0 Å². The third-order valence-corrected chi connectivity index (χ3v) is 5.05. The Morgan fingerprint density at radius 3 is 2.57 bits per heavy atom. The van der Waals surface area contributed by atoms with Gasteiger partial charge in [0.25, 0.3) is 0 Å². The number of halogens is 1. The number of amides is 2. The molecule has 0 bridgehead atoms. The van der Waals surface area contributed by atoms with Crippen LogP contribution in [-0.4, -0.2) is 31.5 Å². The highest BCUT2D eigenvalue weighted by molar-refractivity contribution is 6.32. The zero-order chi connectivity index (χ0) is 20.3. The number of aryl methyl sites for hydroxylation is 1. The number of carbonyl (C=O) groups excluding carboxylic acids is 2. The lowest BCUT2D eigenvalue weighted by molar-refractivity contribution is -0.117. The first kappa shape index (κ1) is 20.0. The second-order valence-corrected chi connectivity index (χ2v) is 7.26. The van der Waals surface area contributed by atoms with Crippen LogP contribution in [0, 0.1) is 6.92 Å². The van der Waals surface area contributed by atoms with Crippen molar-refractivity contribution >= 4 is 40.5 Å². The molecular formula is C21H24ClN3O3. The van der Waals surface area contributed by atoms with Crippen molar-refractivity contribution in [3.8, 4) is 5.75 Å². The summed E-state index contributed by atoms with van der Waals surface area (Å²) in [6.45, 7) is 4.51. The number of benzene rings is 2. The number of hydrogen-bond donors (Lipinski definition) is 2. The number of methoxy groups -OCH3 is 1. The van der Waals surface area contributed by atoms with E-state index in [2.05, 4.69) is 10.6 Å². The van der Waals surface area contributed by atoms with Gasteiger partial charge in [-0.05, 0) is 62.2 Å². The van der Waals surface area contributed by atoms with Gasteiger partial charge >= 0.3 is 0 Å². The van der Waals surface area contributed by atoms with Crippen LogP contribution in [0.5, 0.6) is 5.75 Å². The Balaban J connectivity index is 1.64. The maximum Gasteiger partial charge on any atom is 0.246 e. The zero-order valence-corrected chi connectivity index (χ0v) is 17.0. The minimum absolute atomic E-state index is 0.162. The van der Waals surface area contributed by atoms with Gasteiger partial charge in [0, 0.05) is 30.0 Å². The molecule has 0 unspecified atom stereocenters. The topological polar surface area (TPSA) is 70.7 Å². The number of anilines is 3. The van der Waals surface area contributed by atoms with Gasteiger partial charge in [0.2, 0.25) is 11.8 Å². The Morgan fingerprint density at radius 2 is 1.96 bits per heavy atom. The minimum Gasteiger partial charge on any atom is -0.495 e. The molecule has 1 aliphatic rings. The summed E-state index contributed by atoms with van der Waals surface area (Å²) >= 11 is 6.10. The number of nitrogens with one attached hydrogen (secondary N) is 2. The van der Waals surface area contributed by atoms with E-state index in [9.17, 15) is 9.59 Å². The Labute approximate surface area is 169 Å². The van der Waals surface area contributed by atoms with Crippen LogP contribution in [0.3, 0.4) is 0 Å². The van der Waals surface area contributed by atoms with Crippen LogP contribution in [0.4, 0.5) is 17.1 Å². The summed E-state index contributed by atoms with van der Waals surface area (Å²) in [7, 11) is 1.54. The van der Waals surface area contributed by atoms with Gasteiger partial charge in [-0.15, -0.1) is 0 Å². The summed E-state index contributed by atoms with van der Waals surface area (Å²) in [5, 5.41) is 6.47. The average Bonchev–Trinajstić information content (AvgIpc) is 3.07. The number of carbonyl (C=O) groups is 2. The lowest BCUT2D eigenvalue weighted by atomic mass is 10.1. The van der Waals surface area contributed by atoms with Crippen LogP contribution in [0.25, 0.3) is 0 Å².